The molecule has 1 aliphatic heterocycles. The van der Waals surface area contributed by atoms with E-state index in [2.05, 4.69) is 5.32 Å². The van der Waals surface area contributed by atoms with Crippen molar-refractivity contribution in [1.29, 1.82) is 0 Å². The molecule has 2 rings (SSSR count). The maximum atomic E-state index is 12.5. The Morgan fingerprint density at radius 1 is 1.23 bits per heavy atom. The number of anilines is 1. The highest BCUT2D eigenvalue weighted by molar-refractivity contribution is 7.86. The van der Waals surface area contributed by atoms with Crippen LogP contribution in [0.4, 0.5) is 16.2 Å². The lowest BCUT2D eigenvalue weighted by atomic mass is 10.3. The van der Waals surface area contributed by atoms with Crippen molar-refractivity contribution in [2.75, 3.05) is 44.6 Å². The number of amides is 2. The van der Waals surface area contributed by atoms with Gasteiger partial charge in [0.25, 0.3) is 15.9 Å². The Bertz CT molecular complexity index is 757. The first-order valence-electron chi connectivity index (χ1n) is 8.35. The highest BCUT2D eigenvalue weighted by atomic mass is 32.2. The molecule has 1 aliphatic rings. The van der Waals surface area contributed by atoms with Gasteiger partial charge in [-0.15, -0.1) is 0 Å². The van der Waals surface area contributed by atoms with Crippen LogP contribution < -0.4 is 5.32 Å². The lowest BCUT2D eigenvalue weighted by molar-refractivity contribution is -0.384. The van der Waals surface area contributed by atoms with Gasteiger partial charge in [-0.25, -0.2) is 4.79 Å². The van der Waals surface area contributed by atoms with Crippen molar-refractivity contribution in [3.63, 3.8) is 0 Å². The van der Waals surface area contributed by atoms with Crippen LogP contribution in [0.5, 0.6) is 0 Å². The first-order valence-corrected chi connectivity index (χ1v) is 9.74. The van der Waals surface area contributed by atoms with E-state index in [1.807, 2.05) is 0 Å². The predicted octanol–water partition coefficient (Wildman–Crippen LogP) is 1.33. The molecule has 1 fully saturated rings. The quantitative estimate of drug-likeness (QED) is 0.586. The van der Waals surface area contributed by atoms with E-state index in [-0.39, 0.29) is 31.9 Å². The summed E-state index contributed by atoms with van der Waals surface area (Å²) in [5, 5.41) is 13.4. The maximum Gasteiger partial charge on any atom is 0.321 e. The Labute approximate surface area is 152 Å². The van der Waals surface area contributed by atoms with Gasteiger partial charge >= 0.3 is 6.03 Å². The molecule has 1 aromatic rings. The lowest BCUT2D eigenvalue weighted by Gasteiger charge is -2.36. The zero-order chi connectivity index (χ0) is 19.3. The first kappa shape index (κ1) is 20.1. The normalized spacial score (nSPS) is 15.9. The summed E-state index contributed by atoms with van der Waals surface area (Å²) in [4.78, 5) is 24.1. The Balaban J connectivity index is 1.96. The molecule has 0 aliphatic carbocycles. The minimum absolute atomic E-state index is 0.113. The molecule has 0 saturated carbocycles. The molecular weight excluding hydrogens is 362 g/mol. The summed E-state index contributed by atoms with van der Waals surface area (Å²) in [7, 11) is -3.51. The van der Waals surface area contributed by atoms with Gasteiger partial charge in [-0.2, -0.15) is 17.0 Å². The average Bonchev–Trinajstić information content (AvgIpc) is 2.62. The van der Waals surface area contributed by atoms with Crippen LogP contribution >= 0.6 is 0 Å². The number of nitrogens with one attached hydrogen (secondary N) is 1. The molecule has 10 nitrogen and oxygen atoms in total. The Hall–Kier alpha value is -2.24. The van der Waals surface area contributed by atoms with Crippen LogP contribution in [0.3, 0.4) is 0 Å². The molecule has 1 aromatic carbocycles. The van der Waals surface area contributed by atoms with Crippen molar-refractivity contribution >= 4 is 27.6 Å². The van der Waals surface area contributed by atoms with E-state index in [1.54, 1.807) is 19.9 Å². The fraction of sp³-hybridized carbons (Fsp3) is 0.533. The van der Waals surface area contributed by atoms with Gasteiger partial charge < -0.3 is 10.2 Å². The minimum atomic E-state index is -3.51. The molecule has 2 amide bonds. The van der Waals surface area contributed by atoms with Crippen molar-refractivity contribution in [3.05, 3.63) is 34.4 Å². The summed E-state index contributed by atoms with van der Waals surface area (Å²) in [5.74, 6) is 0. The third kappa shape index (κ3) is 4.48. The zero-order valence-electron chi connectivity index (χ0n) is 14.8. The zero-order valence-corrected chi connectivity index (χ0v) is 15.6. The molecule has 1 heterocycles. The molecule has 144 valence electrons. The van der Waals surface area contributed by atoms with Crippen LogP contribution in [0.25, 0.3) is 0 Å². The molecule has 1 saturated heterocycles. The van der Waals surface area contributed by atoms with E-state index >= 15 is 0 Å². The van der Waals surface area contributed by atoms with E-state index in [9.17, 15) is 23.3 Å². The number of nitrogens with zero attached hydrogens (tertiary/aromatic N) is 4. The summed E-state index contributed by atoms with van der Waals surface area (Å²) in [6.07, 6.45) is 0. The summed E-state index contributed by atoms with van der Waals surface area (Å²) in [5.41, 5.74) is 0.209. The number of hydrogen-bond acceptors (Lipinski definition) is 5. The summed E-state index contributed by atoms with van der Waals surface area (Å²) in [6.45, 7) is 5.27. The van der Waals surface area contributed by atoms with Gasteiger partial charge in [0.15, 0.2) is 0 Å². The van der Waals surface area contributed by atoms with E-state index in [0.29, 0.717) is 18.8 Å². The second-order valence-electron chi connectivity index (χ2n) is 5.72. The van der Waals surface area contributed by atoms with E-state index in [4.69, 9.17) is 0 Å². The molecule has 0 radical (unpaired) electrons. The number of carbonyl (C=O) groups excluding carboxylic acids is 1. The first-order chi connectivity index (χ1) is 12.3. The monoisotopic (exact) mass is 385 g/mol. The molecule has 0 atom stereocenters. The molecule has 0 spiro atoms. The number of non-ortho nitro benzene ring substituents is 1. The van der Waals surface area contributed by atoms with Gasteiger partial charge in [-0.3, -0.25) is 10.1 Å². The van der Waals surface area contributed by atoms with Crippen molar-refractivity contribution < 1.29 is 18.1 Å². The van der Waals surface area contributed by atoms with E-state index in [0.717, 1.165) is 0 Å². The SMILES string of the molecule is CCN(CC)S(=O)(=O)N1CCN(C(=O)Nc2cccc([N+](=O)[O-])c2)CC1. The number of nitro benzene ring substituents is 1. The number of piperazine rings is 1. The van der Waals surface area contributed by atoms with Crippen LogP contribution in [-0.4, -0.2) is 72.2 Å². The Kier molecular flexibility index (Phi) is 6.51. The standard InChI is InChI=1S/C15H23N5O5S/c1-3-18(4-2)26(24,25)19-10-8-17(9-11-19)15(21)16-13-6-5-7-14(12-13)20(22)23/h5-7,12H,3-4,8-11H2,1-2H3,(H,16,21). The van der Waals surface area contributed by atoms with Crippen molar-refractivity contribution in [2.24, 2.45) is 0 Å². The van der Waals surface area contributed by atoms with Gasteiger partial charge in [0.1, 0.15) is 0 Å². The molecule has 26 heavy (non-hydrogen) atoms. The number of rotatable bonds is 6. The number of carbonyl (C=O) groups is 1. The minimum Gasteiger partial charge on any atom is -0.322 e. The van der Waals surface area contributed by atoms with Gasteiger partial charge in [0, 0.05) is 57.1 Å². The maximum absolute atomic E-state index is 12.5. The topological polar surface area (TPSA) is 116 Å². The van der Waals surface area contributed by atoms with Gasteiger partial charge in [0.2, 0.25) is 0 Å². The second-order valence-corrected chi connectivity index (χ2v) is 7.64. The Morgan fingerprint density at radius 3 is 2.38 bits per heavy atom. The summed E-state index contributed by atoms with van der Waals surface area (Å²) < 4.78 is 27.7. The van der Waals surface area contributed by atoms with Crippen LogP contribution in [0.15, 0.2) is 24.3 Å². The second kappa shape index (κ2) is 8.43. The number of hydrogen-bond donors (Lipinski definition) is 1. The van der Waals surface area contributed by atoms with Crippen LogP contribution in [0.2, 0.25) is 0 Å². The molecule has 0 aromatic heterocycles. The average molecular weight is 385 g/mol. The van der Waals surface area contributed by atoms with Crippen molar-refractivity contribution in [1.82, 2.24) is 13.5 Å². The van der Waals surface area contributed by atoms with Crippen molar-refractivity contribution in [2.45, 2.75) is 13.8 Å². The number of benzene rings is 1. The largest absolute Gasteiger partial charge is 0.322 e. The fourth-order valence-electron chi connectivity index (χ4n) is 2.73. The van der Waals surface area contributed by atoms with E-state index in [1.165, 1.54) is 31.7 Å². The number of nitro groups is 1. The molecular formula is C15H23N5O5S. The van der Waals surface area contributed by atoms with Crippen LogP contribution in [0, 0.1) is 10.1 Å². The van der Waals surface area contributed by atoms with Crippen molar-refractivity contribution in [3.8, 4) is 0 Å². The predicted molar refractivity (Wildman–Crippen MR) is 97.1 cm³/mol. The van der Waals surface area contributed by atoms with E-state index < -0.39 is 21.2 Å². The fourth-order valence-corrected chi connectivity index (χ4v) is 4.34. The summed E-state index contributed by atoms with van der Waals surface area (Å²) in [6, 6.07) is 5.25. The molecule has 0 unspecified atom stereocenters. The lowest BCUT2D eigenvalue weighted by Crippen LogP contribution is -2.54. The van der Waals surface area contributed by atoms with Gasteiger partial charge in [0.05, 0.1) is 4.92 Å². The third-order valence-corrected chi connectivity index (χ3v) is 6.38. The van der Waals surface area contributed by atoms with Crippen LogP contribution in [-0.2, 0) is 10.2 Å². The molecule has 11 heteroatoms. The smallest absolute Gasteiger partial charge is 0.321 e. The number of urea groups is 1. The van der Waals surface area contributed by atoms with Crippen LogP contribution in [0.1, 0.15) is 13.8 Å². The molecule has 0 bridgehead atoms. The highest BCUT2D eigenvalue weighted by Gasteiger charge is 2.32. The Morgan fingerprint density at radius 2 is 1.85 bits per heavy atom. The van der Waals surface area contributed by atoms with Gasteiger partial charge in [-0.05, 0) is 6.07 Å². The summed E-state index contributed by atoms with van der Waals surface area (Å²) >= 11 is 0. The third-order valence-electron chi connectivity index (χ3n) is 4.19. The van der Waals surface area contributed by atoms with Gasteiger partial charge in [-0.1, -0.05) is 19.9 Å². The highest BCUT2D eigenvalue weighted by Crippen LogP contribution is 2.18. The molecule has 1 N–H and O–H groups in total.